The lowest BCUT2D eigenvalue weighted by molar-refractivity contribution is -0.126. The van der Waals surface area contributed by atoms with Crippen molar-refractivity contribution in [1.82, 2.24) is 10.2 Å². The number of rotatable bonds is 2. The van der Waals surface area contributed by atoms with Crippen LogP contribution in [0.2, 0.25) is 0 Å². The van der Waals surface area contributed by atoms with Crippen molar-refractivity contribution in [3.05, 3.63) is 0 Å². The van der Waals surface area contributed by atoms with Crippen LogP contribution >= 0.6 is 0 Å². The summed E-state index contributed by atoms with van der Waals surface area (Å²) in [5.74, 6) is 0.305. The van der Waals surface area contributed by atoms with Gasteiger partial charge in [-0.05, 0) is 12.3 Å². The van der Waals surface area contributed by atoms with Crippen LogP contribution in [-0.2, 0) is 4.79 Å². The molecule has 68 valence electrons. The van der Waals surface area contributed by atoms with Gasteiger partial charge in [0.2, 0.25) is 0 Å². The zero-order valence-corrected chi connectivity index (χ0v) is 7.63. The molecule has 0 aromatic carbocycles. The summed E-state index contributed by atoms with van der Waals surface area (Å²) in [4.78, 5) is 23.4. The van der Waals surface area contributed by atoms with E-state index in [0.717, 1.165) is 11.3 Å². The van der Waals surface area contributed by atoms with Crippen molar-refractivity contribution in [2.24, 2.45) is 5.92 Å². The first-order valence-electron chi connectivity index (χ1n) is 4.10. The van der Waals surface area contributed by atoms with Crippen molar-refractivity contribution < 1.29 is 9.59 Å². The highest BCUT2D eigenvalue weighted by Gasteiger charge is 2.35. The molecule has 0 bridgehead atoms. The van der Waals surface area contributed by atoms with Crippen LogP contribution in [0.15, 0.2) is 0 Å². The summed E-state index contributed by atoms with van der Waals surface area (Å²) in [6, 6.07) is -0.590. The van der Waals surface area contributed by atoms with Crippen molar-refractivity contribution in [2.75, 3.05) is 7.05 Å². The Labute approximate surface area is 71.9 Å². The van der Waals surface area contributed by atoms with E-state index in [0.29, 0.717) is 5.92 Å². The first kappa shape index (κ1) is 9.03. The van der Waals surface area contributed by atoms with E-state index in [9.17, 15) is 9.59 Å². The average molecular weight is 170 g/mol. The standard InChI is InChI=1S/C8H14N2O2/c1-5(2)4-6-7(11)10(3)8(12)9-6/h5-6H,4H2,1-3H3,(H,9,12)/t6-/m1/s1. The number of hydrogen-bond acceptors (Lipinski definition) is 2. The van der Waals surface area contributed by atoms with Crippen LogP contribution in [0.5, 0.6) is 0 Å². The van der Waals surface area contributed by atoms with Gasteiger partial charge in [0.25, 0.3) is 5.91 Å². The largest absolute Gasteiger partial charge is 0.326 e. The van der Waals surface area contributed by atoms with E-state index in [2.05, 4.69) is 5.32 Å². The van der Waals surface area contributed by atoms with Gasteiger partial charge in [0.1, 0.15) is 6.04 Å². The second kappa shape index (κ2) is 3.13. The molecule has 1 atom stereocenters. The smallest absolute Gasteiger partial charge is 0.324 e. The maximum atomic E-state index is 11.3. The molecule has 0 unspecified atom stereocenters. The molecule has 1 aliphatic rings. The number of carbonyl (C=O) groups excluding carboxylic acids is 2. The maximum Gasteiger partial charge on any atom is 0.324 e. The zero-order valence-electron chi connectivity index (χ0n) is 7.63. The van der Waals surface area contributed by atoms with Crippen LogP contribution in [0, 0.1) is 5.92 Å². The number of likely N-dealkylation sites (N-methyl/N-ethyl adjacent to an activating group) is 1. The summed E-state index contributed by atoms with van der Waals surface area (Å²) < 4.78 is 0. The van der Waals surface area contributed by atoms with Crippen LogP contribution in [0.25, 0.3) is 0 Å². The Bertz CT molecular complexity index is 213. The fraction of sp³-hybridized carbons (Fsp3) is 0.750. The Hall–Kier alpha value is -1.06. The van der Waals surface area contributed by atoms with Gasteiger partial charge in [-0.25, -0.2) is 4.79 Å². The van der Waals surface area contributed by atoms with Gasteiger partial charge in [0.15, 0.2) is 0 Å². The average Bonchev–Trinajstić information content (AvgIpc) is 2.17. The van der Waals surface area contributed by atoms with Crippen molar-refractivity contribution in [3.63, 3.8) is 0 Å². The quantitative estimate of drug-likeness (QED) is 0.616. The molecule has 4 heteroatoms. The van der Waals surface area contributed by atoms with Crippen LogP contribution in [0.4, 0.5) is 4.79 Å². The molecule has 4 nitrogen and oxygen atoms in total. The van der Waals surface area contributed by atoms with Crippen molar-refractivity contribution in [2.45, 2.75) is 26.3 Å². The lowest BCUT2D eigenvalue weighted by Gasteiger charge is -2.09. The van der Waals surface area contributed by atoms with Gasteiger partial charge in [0, 0.05) is 7.05 Å². The second-order valence-corrected chi connectivity index (χ2v) is 3.53. The zero-order chi connectivity index (χ0) is 9.30. The molecular formula is C8H14N2O2. The highest BCUT2D eigenvalue weighted by Crippen LogP contribution is 2.12. The van der Waals surface area contributed by atoms with Gasteiger partial charge in [-0.3, -0.25) is 9.69 Å². The van der Waals surface area contributed by atoms with Crippen LogP contribution in [-0.4, -0.2) is 29.9 Å². The highest BCUT2D eigenvalue weighted by atomic mass is 16.2. The topological polar surface area (TPSA) is 49.4 Å². The number of imide groups is 1. The van der Waals surface area contributed by atoms with Gasteiger partial charge in [-0.1, -0.05) is 13.8 Å². The Morgan fingerprint density at radius 2 is 2.08 bits per heavy atom. The SMILES string of the molecule is CC(C)C[C@H]1NC(=O)N(C)C1=O. The van der Waals surface area contributed by atoms with E-state index in [-0.39, 0.29) is 18.0 Å². The van der Waals surface area contributed by atoms with Gasteiger partial charge >= 0.3 is 6.03 Å². The molecule has 0 saturated carbocycles. The summed E-state index contributed by atoms with van der Waals surface area (Å²) in [7, 11) is 1.50. The minimum Gasteiger partial charge on any atom is -0.326 e. The molecule has 1 saturated heterocycles. The summed E-state index contributed by atoms with van der Waals surface area (Å²) in [5.41, 5.74) is 0. The number of urea groups is 1. The third-order valence-corrected chi connectivity index (χ3v) is 1.94. The third kappa shape index (κ3) is 1.57. The normalized spacial score (nSPS) is 23.7. The van der Waals surface area contributed by atoms with Gasteiger partial charge in [-0.2, -0.15) is 0 Å². The van der Waals surface area contributed by atoms with E-state index < -0.39 is 0 Å². The van der Waals surface area contributed by atoms with E-state index >= 15 is 0 Å². The Balaban J connectivity index is 2.59. The molecule has 0 aromatic heterocycles. The van der Waals surface area contributed by atoms with E-state index in [1.165, 1.54) is 7.05 Å². The molecule has 1 rings (SSSR count). The maximum absolute atomic E-state index is 11.3. The van der Waals surface area contributed by atoms with E-state index in [1.54, 1.807) is 0 Å². The minimum atomic E-state index is -0.303. The minimum absolute atomic E-state index is 0.117. The van der Waals surface area contributed by atoms with Gasteiger partial charge in [-0.15, -0.1) is 0 Å². The van der Waals surface area contributed by atoms with Gasteiger partial charge in [0.05, 0.1) is 0 Å². The van der Waals surface area contributed by atoms with E-state index in [1.807, 2.05) is 13.8 Å². The molecular weight excluding hydrogens is 156 g/mol. The Morgan fingerprint density at radius 1 is 1.50 bits per heavy atom. The van der Waals surface area contributed by atoms with Crippen LogP contribution < -0.4 is 5.32 Å². The third-order valence-electron chi connectivity index (χ3n) is 1.94. The van der Waals surface area contributed by atoms with Crippen LogP contribution in [0.3, 0.4) is 0 Å². The second-order valence-electron chi connectivity index (χ2n) is 3.53. The summed E-state index contributed by atoms with van der Waals surface area (Å²) in [6.07, 6.45) is 0.717. The fourth-order valence-electron chi connectivity index (χ4n) is 1.27. The molecule has 12 heavy (non-hydrogen) atoms. The van der Waals surface area contributed by atoms with Crippen molar-refractivity contribution >= 4 is 11.9 Å². The first-order valence-corrected chi connectivity index (χ1v) is 4.10. The van der Waals surface area contributed by atoms with Crippen molar-refractivity contribution in [3.8, 4) is 0 Å². The molecule has 0 radical (unpaired) electrons. The Morgan fingerprint density at radius 3 is 2.42 bits per heavy atom. The number of nitrogens with one attached hydrogen (secondary N) is 1. The summed E-state index contributed by atoms with van der Waals surface area (Å²) in [6.45, 7) is 4.05. The van der Waals surface area contributed by atoms with Crippen molar-refractivity contribution in [1.29, 1.82) is 0 Å². The highest BCUT2D eigenvalue weighted by molar-refractivity contribution is 6.03. The monoisotopic (exact) mass is 170 g/mol. The molecule has 3 amide bonds. The predicted molar refractivity (Wildman–Crippen MR) is 44.5 cm³/mol. The molecule has 0 aliphatic carbocycles. The summed E-state index contributed by atoms with van der Waals surface area (Å²) in [5, 5.41) is 2.62. The fourth-order valence-corrected chi connectivity index (χ4v) is 1.27. The predicted octanol–water partition coefficient (Wildman–Crippen LogP) is 0.583. The molecule has 0 spiro atoms. The lowest BCUT2D eigenvalue weighted by atomic mass is 10.0. The number of hydrogen-bond donors (Lipinski definition) is 1. The molecule has 1 heterocycles. The number of nitrogens with zero attached hydrogens (tertiary/aromatic N) is 1. The summed E-state index contributed by atoms with van der Waals surface area (Å²) >= 11 is 0. The van der Waals surface area contributed by atoms with Gasteiger partial charge < -0.3 is 5.32 Å². The number of carbonyl (C=O) groups is 2. The number of amides is 3. The van der Waals surface area contributed by atoms with E-state index in [4.69, 9.17) is 0 Å². The molecule has 0 aromatic rings. The molecule has 1 aliphatic heterocycles. The van der Waals surface area contributed by atoms with Crippen LogP contribution in [0.1, 0.15) is 20.3 Å². The first-order chi connectivity index (χ1) is 5.52. The molecule has 1 N–H and O–H groups in total. The molecule has 1 fully saturated rings. The lowest BCUT2D eigenvalue weighted by Crippen LogP contribution is -2.30. The Kier molecular flexibility index (Phi) is 2.35.